The zero-order valence-corrected chi connectivity index (χ0v) is 8.48. The van der Waals surface area contributed by atoms with Gasteiger partial charge in [-0.05, 0) is 12.0 Å². The van der Waals surface area contributed by atoms with E-state index in [4.69, 9.17) is 17.3 Å². The van der Waals surface area contributed by atoms with Crippen molar-refractivity contribution in [2.24, 2.45) is 5.73 Å². The number of hydrogen-bond acceptors (Lipinski definition) is 2. The van der Waals surface area contributed by atoms with Crippen LogP contribution in [-0.4, -0.2) is 4.98 Å². The molecule has 0 aliphatic rings. The number of nitrogens with two attached hydrogens (primary N) is 1. The maximum Gasteiger partial charge on any atom is 0.252 e. The fraction of sp³-hybridized carbons (Fsp3) is 0.444. The molecule has 0 radical (unpaired) electrons. The van der Waals surface area contributed by atoms with Crippen molar-refractivity contribution in [1.82, 2.24) is 4.98 Å². The quantitative estimate of drug-likeness (QED) is 0.762. The number of aromatic nitrogens is 1. The van der Waals surface area contributed by atoms with Crippen LogP contribution in [0.15, 0.2) is 10.9 Å². The first kappa shape index (κ1) is 10.3. The van der Waals surface area contributed by atoms with Crippen molar-refractivity contribution in [1.29, 1.82) is 0 Å². The summed E-state index contributed by atoms with van der Waals surface area (Å²) in [5, 5.41) is 0.579. The van der Waals surface area contributed by atoms with Crippen LogP contribution in [0.25, 0.3) is 0 Å². The summed E-state index contributed by atoms with van der Waals surface area (Å²) in [6.07, 6.45) is 0. The third-order valence-corrected chi connectivity index (χ3v) is 2.21. The second-order valence-electron chi connectivity index (χ2n) is 3.24. The molecule has 3 nitrogen and oxygen atoms in total. The Bertz CT molecular complexity index is 357. The standard InChI is InChI=1S/C9H13ClN2O/c1-5(2)8-7(10)3-6(4-11)9(13)12-8/h3,5H,4,11H2,1-2H3,(H,12,13). The minimum absolute atomic E-state index is 0.143. The van der Waals surface area contributed by atoms with Gasteiger partial charge in [-0.3, -0.25) is 4.79 Å². The molecular weight excluding hydrogens is 188 g/mol. The van der Waals surface area contributed by atoms with Gasteiger partial charge >= 0.3 is 0 Å². The van der Waals surface area contributed by atoms with Crippen LogP contribution in [0.5, 0.6) is 0 Å². The van der Waals surface area contributed by atoms with Crippen molar-refractivity contribution in [3.05, 3.63) is 32.7 Å². The zero-order valence-electron chi connectivity index (χ0n) is 7.73. The number of halogens is 1. The molecule has 1 heterocycles. The molecule has 0 aromatic carbocycles. The molecule has 0 bridgehead atoms. The van der Waals surface area contributed by atoms with Gasteiger partial charge < -0.3 is 10.7 Å². The van der Waals surface area contributed by atoms with Gasteiger partial charge in [-0.25, -0.2) is 0 Å². The number of pyridine rings is 1. The molecule has 3 N–H and O–H groups in total. The lowest BCUT2D eigenvalue weighted by Gasteiger charge is -2.08. The van der Waals surface area contributed by atoms with Gasteiger partial charge in [0, 0.05) is 17.8 Å². The zero-order chi connectivity index (χ0) is 10.0. The summed E-state index contributed by atoms with van der Waals surface area (Å²) < 4.78 is 0. The van der Waals surface area contributed by atoms with Crippen LogP contribution in [0.1, 0.15) is 31.0 Å². The van der Waals surface area contributed by atoms with Crippen molar-refractivity contribution in [3.8, 4) is 0 Å². The highest BCUT2D eigenvalue weighted by Crippen LogP contribution is 2.20. The fourth-order valence-electron chi connectivity index (χ4n) is 1.13. The Morgan fingerprint density at radius 1 is 1.62 bits per heavy atom. The summed E-state index contributed by atoms with van der Waals surface area (Å²) >= 11 is 5.95. The second-order valence-corrected chi connectivity index (χ2v) is 3.65. The van der Waals surface area contributed by atoms with Crippen molar-refractivity contribution in [2.45, 2.75) is 26.3 Å². The van der Waals surface area contributed by atoms with Gasteiger partial charge in [-0.2, -0.15) is 0 Å². The topological polar surface area (TPSA) is 58.9 Å². The van der Waals surface area contributed by atoms with Crippen LogP contribution >= 0.6 is 11.6 Å². The number of hydrogen-bond donors (Lipinski definition) is 2. The lowest BCUT2D eigenvalue weighted by Crippen LogP contribution is -2.18. The first-order valence-electron chi connectivity index (χ1n) is 4.18. The Labute approximate surface area is 81.9 Å². The first-order valence-corrected chi connectivity index (χ1v) is 4.55. The van der Waals surface area contributed by atoms with Gasteiger partial charge in [0.1, 0.15) is 0 Å². The Balaban J connectivity index is 3.29. The van der Waals surface area contributed by atoms with Crippen LogP contribution in [0.2, 0.25) is 5.02 Å². The third kappa shape index (κ3) is 2.11. The summed E-state index contributed by atoms with van der Waals surface area (Å²) in [5.74, 6) is 0.215. The maximum absolute atomic E-state index is 11.3. The molecule has 0 aliphatic heterocycles. The molecule has 0 saturated carbocycles. The molecule has 1 aromatic heterocycles. The van der Waals surface area contributed by atoms with Gasteiger partial charge in [0.25, 0.3) is 5.56 Å². The van der Waals surface area contributed by atoms with E-state index in [1.165, 1.54) is 0 Å². The van der Waals surface area contributed by atoms with Gasteiger partial charge in [-0.15, -0.1) is 0 Å². The fourth-order valence-corrected chi connectivity index (χ4v) is 1.53. The summed E-state index contributed by atoms with van der Waals surface area (Å²) in [5.41, 5.74) is 6.51. The highest BCUT2D eigenvalue weighted by molar-refractivity contribution is 6.31. The van der Waals surface area contributed by atoms with Crippen LogP contribution in [0.4, 0.5) is 0 Å². The monoisotopic (exact) mass is 200 g/mol. The Morgan fingerprint density at radius 3 is 2.69 bits per heavy atom. The Hall–Kier alpha value is -0.800. The molecule has 0 fully saturated rings. The number of aromatic amines is 1. The smallest absolute Gasteiger partial charge is 0.252 e. The average molecular weight is 201 g/mol. The van der Waals surface area contributed by atoms with Crippen LogP contribution < -0.4 is 11.3 Å². The number of H-pyrrole nitrogens is 1. The summed E-state index contributed by atoms with van der Waals surface area (Å²) in [7, 11) is 0. The number of nitrogens with one attached hydrogen (secondary N) is 1. The van der Waals surface area contributed by atoms with E-state index in [-0.39, 0.29) is 18.0 Å². The molecule has 1 aromatic rings. The molecule has 0 unspecified atom stereocenters. The van der Waals surface area contributed by atoms with Crippen molar-refractivity contribution in [3.63, 3.8) is 0 Å². The van der Waals surface area contributed by atoms with E-state index in [0.29, 0.717) is 10.6 Å². The van der Waals surface area contributed by atoms with Crippen LogP contribution in [0.3, 0.4) is 0 Å². The molecule has 13 heavy (non-hydrogen) atoms. The van der Waals surface area contributed by atoms with Crippen molar-refractivity contribution in [2.75, 3.05) is 0 Å². The van der Waals surface area contributed by atoms with E-state index in [0.717, 1.165) is 5.69 Å². The molecule has 0 amide bonds. The molecule has 72 valence electrons. The summed E-state index contributed by atoms with van der Waals surface area (Å²) in [6.45, 7) is 4.16. The SMILES string of the molecule is CC(C)c1[nH]c(=O)c(CN)cc1Cl. The first-order chi connectivity index (χ1) is 6.06. The Kier molecular flexibility index (Phi) is 3.12. The highest BCUT2D eigenvalue weighted by atomic mass is 35.5. The average Bonchev–Trinajstić information content (AvgIpc) is 2.07. The minimum atomic E-state index is -0.143. The van der Waals surface area contributed by atoms with E-state index in [1.54, 1.807) is 6.07 Å². The van der Waals surface area contributed by atoms with E-state index in [9.17, 15) is 4.79 Å². The predicted octanol–water partition coefficient (Wildman–Crippen LogP) is 1.61. The molecule has 0 atom stereocenters. The molecule has 4 heteroatoms. The van der Waals surface area contributed by atoms with E-state index < -0.39 is 0 Å². The molecule has 0 aliphatic carbocycles. The predicted molar refractivity (Wildman–Crippen MR) is 54.1 cm³/mol. The molecule has 1 rings (SSSR count). The Morgan fingerprint density at radius 2 is 2.23 bits per heavy atom. The van der Waals surface area contributed by atoms with E-state index in [1.807, 2.05) is 13.8 Å². The van der Waals surface area contributed by atoms with Crippen LogP contribution in [0, 0.1) is 0 Å². The summed E-state index contributed by atoms with van der Waals surface area (Å²) in [4.78, 5) is 14.1. The van der Waals surface area contributed by atoms with Crippen molar-refractivity contribution >= 4 is 11.6 Å². The van der Waals surface area contributed by atoms with E-state index >= 15 is 0 Å². The molecule has 0 spiro atoms. The highest BCUT2D eigenvalue weighted by Gasteiger charge is 2.08. The molecular formula is C9H13ClN2O. The minimum Gasteiger partial charge on any atom is -0.326 e. The second kappa shape index (κ2) is 3.94. The van der Waals surface area contributed by atoms with E-state index in [2.05, 4.69) is 4.98 Å². The number of rotatable bonds is 2. The van der Waals surface area contributed by atoms with Gasteiger partial charge in [0.05, 0.1) is 5.02 Å². The molecule has 0 saturated heterocycles. The summed E-state index contributed by atoms with van der Waals surface area (Å²) in [6, 6.07) is 1.63. The third-order valence-electron chi connectivity index (χ3n) is 1.90. The lowest BCUT2D eigenvalue weighted by atomic mass is 10.1. The van der Waals surface area contributed by atoms with Crippen LogP contribution in [-0.2, 0) is 6.54 Å². The lowest BCUT2D eigenvalue weighted by molar-refractivity contribution is 0.809. The largest absolute Gasteiger partial charge is 0.326 e. The van der Waals surface area contributed by atoms with Crippen molar-refractivity contribution < 1.29 is 0 Å². The van der Waals surface area contributed by atoms with Gasteiger partial charge in [0.15, 0.2) is 0 Å². The van der Waals surface area contributed by atoms with Gasteiger partial charge in [-0.1, -0.05) is 25.4 Å². The van der Waals surface area contributed by atoms with Gasteiger partial charge in [0.2, 0.25) is 0 Å². The maximum atomic E-state index is 11.3. The normalized spacial score (nSPS) is 10.8.